The predicted molar refractivity (Wildman–Crippen MR) is 105 cm³/mol. The van der Waals surface area contributed by atoms with Crippen LogP contribution in [0.25, 0.3) is 0 Å². The molecule has 1 aromatic heterocycles. The number of aryl methyl sites for hydroxylation is 1. The molecule has 1 N–H and O–H groups in total. The van der Waals surface area contributed by atoms with Crippen LogP contribution in [0.3, 0.4) is 0 Å². The van der Waals surface area contributed by atoms with E-state index in [1.165, 1.54) is 17.3 Å². The van der Waals surface area contributed by atoms with Crippen LogP contribution in [0.2, 0.25) is 5.28 Å². The molecule has 2 aromatic carbocycles. The van der Waals surface area contributed by atoms with Crippen molar-refractivity contribution in [3.8, 4) is 0 Å². The van der Waals surface area contributed by atoms with Gasteiger partial charge < -0.3 is 5.32 Å². The van der Waals surface area contributed by atoms with Crippen molar-refractivity contribution >= 4 is 35.0 Å². The molecular weight excluding hydrogens is 368 g/mol. The van der Waals surface area contributed by atoms with Crippen LogP contribution in [0.5, 0.6) is 0 Å². The van der Waals surface area contributed by atoms with Crippen molar-refractivity contribution in [3.05, 3.63) is 64.9 Å². The van der Waals surface area contributed by atoms with Crippen LogP contribution >= 0.6 is 23.4 Å². The fourth-order valence-electron chi connectivity index (χ4n) is 2.34. The van der Waals surface area contributed by atoms with Crippen LogP contribution in [-0.4, -0.2) is 20.7 Å². The normalized spacial score (nSPS) is 10.7. The Kier molecular flexibility index (Phi) is 5.96. The minimum absolute atomic E-state index is 0.0304. The molecule has 0 unspecified atom stereocenters. The van der Waals surface area contributed by atoms with E-state index in [2.05, 4.69) is 46.6 Å². The van der Waals surface area contributed by atoms with Crippen molar-refractivity contribution in [2.24, 2.45) is 0 Å². The maximum absolute atomic E-state index is 11.8. The molecule has 3 rings (SSSR count). The molecule has 0 aliphatic rings. The van der Waals surface area contributed by atoms with Crippen molar-refractivity contribution in [2.45, 2.75) is 36.9 Å². The fourth-order valence-corrected chi connectivity index (χ4v) is 3.48. The van der Waals surface area contributed by atoms with Crippen LogP contribution in [0.4, 0.5) is 5.69 Å². The Hall–Kier alpha value is -2.31. The average Bonchev–Trinajstić information content (AvgIpc) is 2.97. The lowest BCUT2D eigenvalue weighted by molar-refractivity contribution is -0.115. The van der Waals surface area contributed by atoms with Gasteiger partial charge in [-0.05, 0) is 48.0 Å². The summed E-state index contributed by atoms with van der Waals surface area (Å²) < 4.78 is 1.77. The molecule has 0 atom stereocenters. The Morgan fingerprint density at radius 3 is 2.65 bits per heavy atom. The number of amides is 1. The van der Waals surface area contributed by atoms with E-state index in [1.807, 2.05) is 31.2 Å². The minimum atomic E-state index is -0.0304. The molecule has 0 radical (unpaired) electrons. The van der Waals surface area contributed by atoms with Gasteiger partial charge in [-0.1, -0.05) is 48.9 Å². The Labute approximate surface area is 161 Å². The van der Waals surface area contributed by atoms with E-state index in [9.17, 15) is 4.79 Å². The highest BCUT2D eigenvalue weighted by Gasteiger charge is 2.14. The maximum Gasteiger partial charge on any atom is 0.243 e. The van der Waals surface area contributed by atoms with Gasteiger partial charge in [0.1, 0.15) is 0 Å². The predicted octanol–water partition coefficient (Wildman–Crippen LogP) is 4.79. The van der Waals surface area contributed by atoms with Crippen LogP contribution in [0.1, 0.15) is 24.5 Å². The SMILES string of the molecule is CCC(=O)Nc1ccccc1Sc1nc(Cl)nn1Cc1ccc(C)cc1. The molecule has 0 aliphatic heterocycles. The Morgan fingerprint density at radius 1 is 1.19 bits per heavy atom. The first-order valence-corrected chi connectivity index (χ1v) is 9.47. The molecule has 7 heteroatoms. The van der Waals surface area contributed by atoms with E-state index in [1.54, 1.807) is 4.68 Å². The van der Waals surface area contributed by atoms with Crippen molar-refractivity contribution in [1.29, 1.82) is 0 Å². The number of carbonyl (C=O) groups is 1. The molecule has 26 heavy (non-hydrogen) atoms. The van der Waals surface area contributed by atoms with Gasteiger partial charge in [-0.3, -0.25) is 4.79 Å². The molecule has 134 valence electrons. The number of nitrogens with one attached hydrogen (secondary N) is 1. The molecular formula is C19H19ClN4OS. The highest BCUT2D eigenvalue weighted by molar-refractivity contribution is 7.99. The van der Waals surface area contributed by atoms with Gasteiger partial charge in [-0.2, -0.15) is 4.98 Å². The van der Waals surface area contributed by atoms with Crippen molar-refractivity contribution < 1.29 is 4.79 Å². The Bertz CT molecular complexity index is 908. The third-order valence-electron chi connectivity index (χ3n) is 3.75. The monoisotopic (exact) mass is 386 g/mol. The minimum Gasteiger partial charge on any atom is -0.325 e. The maximum atomic E-state index is 11.8. The molecule has 3 aromatic rings. The Morgan fingerprint density at radius 2 is 1.92 bits per heavy atom. The molecule has 0 saturated heterocycles. The molecule has 1 amide bonds. The van der Waals surface area contributed by atoms with Crippen molar-refractivity contribution in [2.75, 3.05) is 5.32 Å². The number of hydrogen-bond acceptors (Lipinski definition) is 4. The second-order valence-electron chi connectivity index (χ2n) is 5.81. The zero-order chi connectivity index (χ0) is 18.5. The first-order valence-electron chi connectivity index (χ1n) is 8.27. The number of para-hydroxylation sites is 1. The van der Waals surface area contributed by atoms with Gasteiger partial charge in [0.15, 0.2) is 5.16 Å². The van der Waals surface area contributed by atoms with Gasteiger partial charge in [0, 0.05) is 11.3 Å². The summed E-state index contributed by atoms with van der Waals surface area (Å²) in [5.41, 5.74) is 3.08. The molecule has 5 nitrogen and oxygen atoms in total. The zero-order valence-electron chi connectivity index (χ0n) is 14.6. The van der Waals surface area contributed by atoms with Gasteiger partial charge in [0.2, 0.25) is 11.2 Å². The number of halogens is 1. The smallest absolute Gasteiger partial charge is 0.243 e. The Balaban J connectivity index is 1.85. The zero-order valence-corrected chi connectivity index (χ0v) is 16.1. The molecule has 0 aliphatic carbocycles. The highest BCUT2D eigenvalue weighted by Crippen LogP contribution is 2.33. The third kappa shape index (κ3) is 4.65. The lowest BCUT2D eigenvalue weighted by atomic mass is 10.1. The van der Waals surface area contributed by atoms with E-state index in [4.69, 9.17) is 11.6 Å². The number of rotatable bonds is 6. The van der Waals surface area contributed by atoms with Gasteiger partial charge in [-0.25, -0.2) is 4.68 Å². The van der Waals surface area contributed by atoms with E-state index >= 15 is 0 Å². The summed E-state index contributed by atoms with van der Waals surface area (Å²) in [6, 6.07) is 15.9. The number of carbonyl (C=O) groups excluding carboxylic acids is 1. The summed E-state index contributed by atoms with van der Waals surface area (Å²) in [7, 11) is 0. The van der Waals surface area contributed by atoms with Crippen LogP contribution in [-0.2, 0) is 11.3 Å². The molecule has 0 saturated carbocycles. The molecule has 0 spiro atoms. The van der Waals surface area contributed by atoms with E-state index in [0.29, 0.717) is 18.1 Å². The summed E-state index contributed by atoms with van der Waals surface area (Å²) in [5.74, 6) is -0.0304. The second kappa shape index (κ2) is 8.38. The highest BCUT2D eigenvalue weighted by atomic mass is 35.5. The summed E-state index contributed by atoms with van der Waals surface area (Å²) in [6.45, 7) is 4.45. The van der Waals surface area contributed by atoms with Gasteiger partial charge in [-0.15, -0.1) is 5.10 Å². The largest absolute Gasteiger partial charge is 0.325 e. The molecule has 0 fully saturated rings. The van der Waals surface area contributed by atoms with Crippen LogP contribution < -0.4 is 5.32 Å². The summed E-state index contributed by atoms with van der Waals surface area (Å²) in [6.07, 6.45) is 0.425. The van der Waals surface area contributed by atoms with E-state index < -0.39 is 0 Å². The second-order valence-corrected chi connectivity index (χ2v) is 7.15. The number of benzene rings is 2. The quantitative estimate of drug-likeness (QED) is 0.661. The number of nitrogens with zero attached hydrogens (tertiary/aromatic N) is 3. The van der Waals surface area contributed by atoms with Crippen LogP contribution in [0, 0.1) is 6.92 Å². The average molecular weight is 387 g/mol. The van der Waals surface area contributed by atoms with Crippen molar-refractivity contribution in [3.63, 3.8) is 0 Å². The van der Waals surface area contributed by atoms with Gasteiger partial charge in [0.05, 0.1) is 12.2 Å². The van der Waals surface area contributed by atoms with E-state index in [-0.39, 0.29) is 11.2 Å². The van der Waals surface area contributed by atoms with Gasteiger partial charge in [0.25, 0.3) is 0 Å². The lowest BCUT2D eigenvalue weighted by Gasteiger charge is -2.10. The number of anilines is 1. The fraction of sp³-hybridized carbons (Fsp3) is 0.211. The molecule has 1 heterocycles. The topological polar surface area (TPSA) is 59.8 Å². The number of aromatic nitrogens is 3. The van der Waals surface area contributed by atoms with Gasteiger partial charge >= 0.3 is 0 Å². The lowest BCUT2D eigenvalue weighted by Crippen LogP contribution is -2.10. The summed E-state index contributed by atoms with van der Waals surface area (Å²) >= 11 is 7.47. The van der Waals surface area contributed by atoms with E-state index in [0.717, 1.165) is 16.1 Å². The summed E-state index contributed by atoms with van der Waals surface area (Å²) in [4.78, 5) is 17.0. The standard InChI is InChI=1S/C19H19ClN4OS/c1-3-17(25)21-15-6-4-5-7-16(15)26-19-22-18(20)23-24(19)12-14-10-8-13(2)9-11-14/h4-11H,3,12H2,1-2H3,(H,21,25). The number of hydrogen-bond donors (Lipinski definition) is 1. The van der Waals surface area contributed by atoms with Crippen molar-refractivity contribution in [1.82, 2.24) is 14.8 Å². The third-order valence-corrected chi connectivity index (χ3v) is 4.97. The summed E-state index contributed by atoms with van der Waals surface area (Å²) in [5, 5.41) is 8.08. The first kappa shape index (κ1) is 18.5. The first-order chi connectivity index (χ1) is 12.5. The molecule has 0 bridgehead atoms. The van der Waals surface area contributed by atoms with Crippen LogP contribution in [0.15, 0.2) is 58.6 Å².